The van der Waals surface area contributed by atoms with Crippen molar-refractivity contribution >= 4 is 22.6 Å². The Morgan fingerprint density at radius 3 is 2.61 bits per heavy atom. The summed E-state index contributed by atoms with van der Waals surface area (Å²) in [5.74, 6) is 0.585. The van der Waals surface area contributed by atoms with Crippen LogP contribution in [0.4, 0.5) is 0 Å². The molecule has 1 aromatic carbocycles. The second kappa shape index (κ2) is 8.31. The van der Waals surface area contributed by atoms with Crippen molar-refractivity contribution in [2.24, 2.45) is 0 Å². The van der Waals surface area contributed by atoms with Gasteiger partial charge in [-0.2, -0.15) is 4.98 Å². The van der Waals surface area contributed by atoms with Gasteiger partial charge in [0.15, 0.2) is 5.88 Å². The van der Waals surface area contributed by atoms with Gasteiger partial charge in [0.25, 0.3) is 0 Å². The van der Waals surface area contributed by atoms with E-state index in [2.05, 4.69) is 9.97 Å². The Morgan fingerprint density at radius 2 is 1.85 bits per heavy atom. The Kier molecular flexibility index (Phi) is 5.18. The number of esters is 1. The van der Waals surface area contributed by atoms with Gasteiger partial charge in [-0.15, -0.1) is 0 Å². The fourth-order valence-corrected chi connectivity index (χ4v) is 3.84. The van der Waals surface area contributed by atoms with Crippen LogP contribution in [0.25, 0.3) is 28.1 Å². The number of imidazole rings is 1. The summed E-state index contributed by atoms with van der Waals surface area (Å²) in [4.78, 5) is 24.7. The Bertz CT molecular complexity index is 1470. The lowest BCUT2D eigenvalue weighted by molar-refractivity contribution is 0.0600. The maximum atomic E-state index is 12.0. The number of carbonyl (C=O) groups excluding carboxylic acids is 1. The molecule has 0 amide bonds. The number of carbonyl (C=O) groups is 1. The quantitative estimate of drug-likeness (QED) is 0.388. The minimum absolute atomic E-state index is 0.372. The molecule has 0 aliphatic heterocycles. The van der Waals surface area contributed by atoms with Crippen molar-refractivity contribution in [1.82, 2.24) is 19.4 Å². The lowest BCUT2D eigenvalue weighted by Gasteiger charge is -2.08. The van der Waals surface area contributed by atoms with Crippen LogP contribution < -0.4 is 9.47 Å². The van der Waals surface area contributed by atoms with Crippen LogP contribution in [-0.2, 0) is 11.3 Å². The van der Waals surface area contributed by atoms with Crippen LogP contribution in [0.3, 0.4) is 0 Å². The SMILES string of the molecule is COC(=O)c1cc(OC)n2c(C)c(-c3cc4ccc(OCc5ccccc5)nc4[nH]3)nc2c1. The molecule has 166 valence electrons. The molecule has 4 aromatic heterocycles. The third-order valence-corrected chi connectivity index (χ3v) is 5.49. The first-order chi connectivity index (χ1) is 16.1. The van der Waals surface area contributed by atoms with Crippen LogP contribution >= 0.6 is 0 Å². The average Bonchev–Trinajstić information content (AvgIpc) is 3.42. The third-order valence-electron chi connectivity index (χ3n) is 5.49. The third kappa shape index (κ3) is 3.76. The predicted octanol–water partition coefficient (Wildman–Crippen LogP) is 4.56. The molecule has 0 unspecified atom stereocenters. The monoisotopic (exact) mass is 442 g/mol. The van der Waals surface area contributed by atoms with Crippen LogP contribution in [0, 0.1) is 6.92 Å². The Hall–Kier alpha value is -4.33. The molecule has 8 heteroatoms. The minimum atomic E-state index is -0.448. The van der Waals surface area contributed by atoms with Crippen molar-refractivity contribution in [2.45, 2.75) is 13.5 Å². The highest BCUT2D eigenvalue weighted by atomic mass is 16.5. The molecular formula is C25H22N4O4. The minimum Gasteiger partial charge on any atom is -0.482 e. The molecule has 0 aliphatic carbocycles. The number of hydrogen-bond acceptors (Lipinski definition) is 6. The molecule has 5 aromatic rings. The lowest BCUT2D eigenvalue weighted by atomic mass is 10.2. The zero-order valence-corrected chi connectivity index (χ0v) is 18.5. The number of nitrogens with zero attached hydrogens (tertiary/aromatic N) is 3. The second-order valence-electron chi connectivity index (χ2n) is 7.56. The Balaban J connectivity index is 1.51. The van der Waals surface area contributed by atoms with E-state index in [-0.39, 0.29) is 0 Å². The molecule has 0 fully saturated rings. The van der Waals surface area contributed by atoms with E-state index in [0.29, 0.717) is 35.2 Å². The van der Waals surface area contributed by atoms with Crippen molar-refractivity contribution < 1.29 is 19.0 Å². The number of benzene rings is 1. The number of fused-ring (bicyclic) bond motifs is 2. The van der Waals surface area contributed by atoms with Gasteiger partial charge >= 0.3 is 5.97 Å². The van der Waals surface area contributed by atoms with Crippen LogP contribution in [-0.4, -0.2) is 39.5 Å². The molecule has 0 saturated carbocycles. The number of aromatic amines is 1. The summed E-state index contributed by atoms with van der Waals surface area (Å²) in [7, 11) is 2.90. The Morgan fingerprint density at radius 1 is 1.03 bits per heavy atom. The number of pyridine rings is 2. The van der Waals surface area contributed by atoms with Crippen molar-refractivity contribution in [2.75, 3.05) is 14.2 Å². The van der Waals surface area contributed by atoms with Gasteiger partial charge in [-0.05, 0) is 30.7 Å². The molecule has 5 rings (SSSR count). The maximum Gasteiger partial charge on any atom is 0.338 e. The van der Waals surface area contributed by atoms with Gasteiger partial charge in [-0.3, -0.25) is 4.40 Å². The molecule has 0 bridgehead atoms. The number of ether oxygens (including phenoxy) is 3. The van der Waals surface area contributed by atoms with Gasteiger partial charge in [0, 0.05) is 17.5 Å². The summed E-state index contributed by atoms with van der Waals surface area (Å²) in [6.45, 7) is 2.39. The van der Waals surface area contributed by atoms with Gasteiger partial charge in [-0.25, -0.2) is 9.78 Å². The predicted molar refractivity (Wildman–Crippen MR) is 124 cm³/mol. The average molecular weight is 442 g/mol. The molecule has 0 atom stereocenters. The first kappa shape index (κ1) is 20.6. The summed E-state index contributed by atoms with van der Waals surface area (Å²) in [6, 6.07) is 19.1. The molecular weight excluding hydrogens is 420 g/mol. The first-order valence-corrected chi connectivity index (χ1v) is 10.4. The number of H-pyrrole nitrogens is 1. The maximum absolute atomic E-state index is 12.0. The van der Waals surface area contributed by atoms with Crippen LogP contribution in [0.1, 0.15) is 21.6 Å². The topological polar surface area (TPSA) is 90.7 Å². The Labute approximate surface area is 189 Å². The summed E-state index contributed by atoms with van der Waals surface area (Å²) < 4.78 is 18.1. The molecule has 1 N–H and O–H groups in total. The lowest BCUT2D eigenvalue weighted by Crippen LogP contribution is -2.04. The fourth-order valence-electron chi connectivity index (χ4n) is 3.84. The van der Waals surface area contributed by atoms with E-state index < -0.39 is 5.97 Å². The van der Waals surface area contributed by atoms with E-state index >= 15 is 0 Å². The molecule has 0 spiro atoms. The molecule has 0 aliphatic rings. The highest BCUT2D eigenvalue weighted by Gasteiger charge is 2.19. The number of rotatable bonds is 6. The zero-order chi connectivity index (χ0) is 22.9. The molecule has 4 heterocycles. The standard InChI is InChI=1S/C25H22N4O4/c1-15-23(27-20-12-18(25(30)32-3)13-22(31-2)29(15)20)19-11-17-9-10-21(28-24(17)26-19)33-14-16-7-5-4-6-8-16/h4-13H,14H2,1-3H3,(H,26,28). The smallest absolute Gasteiger partial charge is 0.338 e. The number of methoxy groups -OCH3 is 2. The number of aromatic nitrogens is 4. The summed E-state index contributed by atoms with van der Waals surface area (Å²) >= 11 is 0. The molecule has 33 heavy (non-hydrogen) atoms. The van der Waals surface area contributed by atoms with Gasteiger partial charge in [-0.1, -0.05) is 30.3 Å². The molecule has 8 nitrogen and oxygen atoms in total. The normalized spacial score (nSPS) is 11.1. The van der Waals surface area contributed by atoms with Crippen LogP contribution in [0.15, 0.2) is 60.7 Å². The molecule has 0 radical (unpaired) electrons. The van der Waals surface area contributed by atoms with Crippen molar-refractivity contribution in [3.63, 3.8) is 0 Å². The summed E-state index contributed by atoms with van der Waals surface area (Å²) in [5, 5.41) is 0.940. The van der Waals surface area contributed by atoms with E-state index in [4.69, 9.17) is 19.2 Å². The van der Waals surface area contributed by atoms with Crippen molar-refractivity contribution in [3.05, 3.63) is 77.5 Å². The largest absolute Gasteiger partial charge is 0.482 e. The highest BCUT2D eigenvalue weighted by Crippen LogP contribution is 2.30. The van der Waals surface area contributed by atoms with Crippen LogP contribution in [0.5, 0.6) is 11.8 Å². The van der Waals surface area contributed by atoms with E-state index in [1.54, 1.807) is 19.2 Å². The van der Waals surface area contributed by atoms with Gasteiger partial charge in [0.05, 0.1) is 31.2 Å². The van der Waals surface area contributed by atoms with Gasteiger partial charge in [0.1, 0.15) is 23.6 Å². The number of hydrogen-bond donors (Lipinski definition) is 1. The second-order valence-corrected chi connectivity index (χ2v) is 7.56. The first-order valence-electron chi connectivity index (χ1n) is 10.4. The summed E-state index contributed by atoms with van der Waals surface area (Å²) in [5.41, 5.74) is 5.14. The van der Waals surface area contributed by atoms with E-state index in [9.17, 15) is 4.79 Å². The van der Waals surface area contributed by atoms with Crippen LogP contribution in [0.2, 0.25) is 0 Å². The van der Waals surface area contributed by atoms with E-state index in [1.807, 2.05) is 59.9 Å². The molecule has 0 saturated heterocycles. The van der Waals surface area contributed by atoms with E-state index in [1.165, 1.54) is 7.11 Å². The highest BCUT2D eigenvalue weighted by molar-refractivity contribution is 5.91. The zero-order valence-electron chi connectivity index (χ0n) is 18.5. The van der Waals surface area contributed by atoms with Gasteiger partial charge < -0.3 is 19.2 Å². The van der Waals surface area contributed by atoms with Crippen molar-refractivity contribution in [1.29, 1.82) is 0 Å². The fraction of sp³-hybridized carbons (Fsp3) is 0.160. The van der Waals surface area contributed by atoms with E-state index in [0.717, 1.165) is 28.0 Å². The van der Waals surface area contributed by atoms with Crippen molar-refractivity contribution in [3.8, 4) is 23.1 Å². The number of nitrogens with one attached hydrogen (secondary N) is 1. The van der Waals surface area contributed by atoms with Gasteiger partial charge in [0.2, 0.25) is 5.88 Å². The summed E-state index contributed by atoms with van der Waals surface area (Å²) in [6.07, 6.45) is 0. The number of aryl methyl sites for hydroxylation is 1.